The van der Waals surface area contributed by atoms with Crippen LogP contribution < -0.4 is 0 Å². The van der Waals surface area contributed by atoms with Crippen LogP contribution in [0.2, 0.25) is 0 Å². The molecule has 0 radical (unpaired) electrons. The van der Waals surface area contributed by atoms with E-state index in [1.54, 1.807) is 0 Å². The van der Waals surface area contributed by atoms with E-state index in [1.165, 1.54) is 0 Å². The van der Waals surface area contributed by atoms with Gasteiger partial charge in [-0.15, -0.1) is 0 Å². The van der Waals surface area contributed by atoms with E-state index >= 15 is 0 Å². The first kappa shape index (κ1) is 26.0. The predicted octanol–water partition coefficient (Wildman–Crippen LogP) is 0.117. The Hall–Kier alpha value is -0.650. The van der Waals surface area contributed by atoms with E-state index in [0.717, 1.165) is 32.1 Å². The van der Waals surface area contributed by atoms with Gasteiger partial charge in [-0.2, -0.15) is 0 Å². The van der Waals surface area contributed by atoms with E-state index in [1.807, 2.05) is 13.8 Å². The molecule has 4 aliphatic carbocycles. The summed E-state index contributed by atoms with van der Waals surface area (Å²) < 4.78 is 11.3. The number of Topliss-reactive ketones (excluding diaryl/α,β-unsaturated/α-hetero) is 1. The van der Waals surface area contributed by atoms with Crippen molar-refractivity contribution in [2.24, 2.45) is 34.0 Å². The van der Waals surface area contributed by atoms with E-state index in [4.69, 9.17) is 9.47 Å². The van der Waals surface area contributed by atoms with Crippen LogP contribution in [-0.4, -0.2) is 92.0 Å². The molecule has 0 aromatic carbocycles. The summed E-state index contributed by atoms with van der Waals surface area (Å²) in [5, 5.41) is 62.3. The molecule has 4 saturated carbocycles. The molecule has 1 heterocycles. The van der Waals surface area contributed by atoms with Crippen LogP contribution in [0, 0.1) is 34.0 Å². The van der Waals surface area contributed by atoms with Crippen LogP contribution in [0.5, 0.6) is 0 Å². The molecule has 1 saturated heterocycles. The number of carbonyl (C=O) groups excluding carboxylic acids is 1. The molecular formula is C26H42O9. The number of carbonyl (C=O) groups is 1. The molecule has 12 atom stereocenters. The van der Waals surface area contributed by atoms with Crippen molar-refractivity contribution in [2.45, 2.75) is 108 Å². The van der Waals surface area contributed by atoms with Gasteiger partial charge in [0.2, 0.25) is 0 Å². The molecule has 5 aliphatic rings. The lowest BCUT2D eigenvalue weighted by molar-refractivity contribution is -0.310. The fourth-order valence-corrected chi connectivity index (χ4v) is 9.36. The molecule has 0 unspecified atom stereocenters. The second kappa shape index (κ2) is 8.43. The van der Waals surface area contributed by atoms with Gasteiger partial charge in [-0.1, -0.05) is 20.8 Å². The van der Waals surface area contributed by atoms with Crippen molar-refractivity contribution in [3.63, 3.8) is 0 Å². The number of aliphatic hydroxyl groups is 6. The van der Waals surface area contributed by atoms with E-state index in [9.17, 15) is 35.4 Å². The van der Waals surface area contributed by atoms with Crippen LogP contribution in [-0.2, 0) is 14.3 Å². The van der Waals surface area contributed by atoms with Gasteiger partial charge >= 0.3 is 0 Å². The Labute approximate surface area is 206 Å². The van der Waals surface area contributed by atoms with E-state index in [-0.39, 0.29) is 41.0 Å². The molecule has 9 heteroatoms. The smallest absolute Gasteiger partial charge is 0.186 e. The number of hydrogen-bond donors (Lipinski definition) is 6. The highest BCUT2D eigenvalue weighted by Gasteiger charge is 2.69. The van der Waals surface area contributed by atoms with Crippen molar-refractivity contribution in [3.05, 3.63) is 0 Å². The van der Waals surface area contributed by atoms with Crippen LogP contribution in [0.25, 0.3) is 0 Å². The van der Waals surface area contributed by atoms with Gasteiger partial charge in [0.25, 0.3) is 0 Å². The summed E-state index contributed by atoms with van der Waals surface area (Å²) in [6.45, 7) is 5.63. The molecule has 200 valence electrons. The fraction of sp³-hybridized carbons (Fsp3) is 0.962. The first-order chi connectivity index (χ1) is 16.3. The van der Waals surface area contributed by atoms with Crippen molar-refractivity contribution in [1.29, 1.82) is 0 Å². The molecule has 5 fully saturated rings. The number of ketones is 1. The van der Waals surface area contributed by atoms with Gasteiger partial charge in [0.1, 0.15) is 30.5 Å². The number of hydrogen-bond acceptors (Lipinski definition) is 9. The van der Waals surface area contributed by atoms with Crippen LogP contribution >= 0.6 is 0 Å². The van der Waals surface area contributed by atoms with Gasteiger partial charge in [0, 0.05) is 11.8 Å². The van der Waals surface area contributed by atoms with Crippen molar-refractivity contribution in [2.75, 3.05) is 13.2 Å². The van der Waals surface area contributed by atoms with Crippen molar-refractivity contribution in [3.8, 4) is 0 Å². The molecule has 2 bridgehead atoms. The maximum Gasteiger partial charge on any atom is 0.186 e. The number of aliphatic hydroxyl groups excluding tert-OH is 5. The Morgan fingerprint density at radius 2 is 1.71 bits per heavy atom. The highest BCUT2D eigenvalue weighted by atomic mass is 16.7. The predicted molar refractivity (Wildman–Crippen MR) is 123 cm³/mol. The zero-order valence-electron chi connectivity index (χ0n) is 21.0. The van der Waals surface area contributed by atoms with Crippen LogP contribution in [0.4, 0.5) is 0 Å². The molecule has 0 aromatic rings. The molecule has 1 spiro atoms. The lowest BCUT2D eigenvalue weighted by Crippen LogP contribution is -2.62. The van der Waals surface area contributed by atoms with Crippen molar-refractivity contribution < 1.29 is 44.9 Å². The summed E-state index contributed by atoms with van der Waals surface area (Å²) >= 11 is 0. The largest absolute Gasteiger partial charge is 0.394 e. The van der Waals surface area contributed by atoms with E-state index < -0.39 is 54.4 Å². The van der Waals surface area contributed by atoms with Gasteiger partial charge < -0.3 is 40.1 Å². The van der Waals surface area contributed by atoms with E-state index in [0.29, 0.717) is 12.8 Å². The molecule has 0 amide bonds. The molecule has 9 nitrogen and oxygen atoms in total. The summed E-state index contributed by atoms with van der Waals surface area (Å²) in [6, 6.07) is 0. The first-order valence-corrected chi connectivity index (χ1v) is 13.1. The molecule has 6 N–H and O–H groups in total. The minimum atomic E-state index is -1.52. The Morgan fingerprint density at radius 3 is 2.40 bits per heavy atom. The molecular weight excluding hydrogens is 456 g/mol. The minimum Gasteiger partial charge on any atom is -0.394 e. The highest BCUT2D eigenvalue weighted by molar-refractivity contribution is 5.85. The minimum absolute atomic E-state index is 0.0154. The molecule has 35 heavy (non-hydrogen) atoms. The van der Waals surface area contributed by atoms with Crippen LogP contribution in [0.15, 0.2) is 0 Å². The van der Waals surface area contributed by atoms with Gasteiger partial charge in [-0.25, -0.2) is 0 Å². The number of fused-ring (bicyclic) bond motifs is 3. The summed E-state index contributed by atoms with van der Waals surface area (Å²) in [6.07, 6.45) is -2.42. The van der Waals surface area contributed by atoms with E-state index in [2.05, 4.69) is 6.92 Å². The third-order valence-corrected chi connectivity index (χ3v) is 10.9. The third kappa shape index (κ3) is 3.68. The lowest BCUT2D eigenvalue weighted by Gasteiger charge is -2.64. The molecule has 0 aromatic heterocycles. The van der Waals surface area contributed by atoms with Crippen molar-refractivity contribution in [1.82, 2.24) is 0 Å². The molecule has 5 rings (SSSR count). The van der Waals surface area contributed by atoms with Gasteiger partial charge in [0.15, 0.2) is 12.1 Å². The normalized spacial score (nSPS) is 55.3. The monoisotopic (exact) mass is 498 g/mol. The first-order valence-electron chi connectivity index (χ1n) is 13.1. The number of rotatable bonds is 4. The Bertz CT molecular complexity index is 847. The summed E-state index contributed by atoms with van der Waals surface area (Å²) in [5.74, 6) is 0.435. The van der Waals surface area contributed by atoms with Gasteiger partial charge in [-0.3, -0.25) is 4.79 Å². The standard InChI is InChI=1S/C26H42O9/c1-23(2)16-6-7-25-8-13(4-5-17(25)24(16,3)9-14(28)21(23)32)26(33,11-25)12-34-22-20(31)19(30)18(29)15(10-27)35-22/h13,15-22,27,29-33H,4-12H2,1-3H3/t13-,15-,16-,17+,18-,19+,20-,21-,22-,24-,25+,26+/m1/s1. The quantitative estimate of drug-likeness (QED) is 0.317. The van der Waals surface area contributed by atoms with Gasteiger partial charge in [0.05, 0.1) is 18.8 Å². The zero-order valence-corrected chi connectivity index (χ0v) is 21.0. The Balaban J connectivity index is 1.34. The Kier molecular flexibility index (Phi) is 6.26. The van der Waals surface area contributed by atoms with Gasteiger partial charge in [-0.05, 0) is 67.1 Å². The second-order valence-electron chi connectivity index (χ2n) is 13.1. The van der Waals surface area contributed by atoms with Crippen molar-refractivity contribution >= 4 is 5.78 Å². The van der Waals surface area contributed by atoms with Crippen LogP contribution in [0.3, 0.4) is 0 Å². The maximum atomic E-state index is 12.9. The summed E-state index contributed by atoms with van der Waals surface area (Å²) in [7, 11) is 0. The topological polar surface area (TPSA) is 157 Å². The lowest BCUT2D eigenvalue weighted by atomic mass is 9.40. The zero-order chi connectivity index (χ0) is 25.6. The fourth-order valence-electron chi connectivity index (χ4n) is 9.36. The Morgan fingerprint density at radius 1 is 1.00 bits per heavy atom. The average Bonchev–Trinajstić information content (AvgIpc) is 3.00. The third-order valence-electron chi connectivity index (χ3n) is 10.9. The number of ether oxygens (including phenoxy) is 2. The average molecular weight is 499 g/mol. The summed E-state index contributed by atoms with van der Waals surface area (Å²) in [5.41, 5.74) is -1.96. The highest BCUT2D eigenvalue weighted by Crippen LogP contribution is 2.72. The molecule has 1 aliphatic heterocycles. The second-order valence-corrected chi connectivity index (χ2v) is 13.1. The summed E-state index contributed by atoms with van der Waals surface area (Å²) in [4.78, 5) is 12.9. The SMILES string of the molecule is CC1(C)[C@H](O)C(=O)C[C@]2(C)[C@@H]1CC[C@@]13C[C@@H](CC[C@H]12)[C@@](O)(CO[C@@H]1O[C@H](CO)[C@@H](O)[C@H](O)[C@H]1O)C3. The van der Waals surface area contributed by atoms with Crippen LogP contribution in [0.1, 0.15) is 65.7 Å². The maximum absolute atomic E-state index is 12.9.